The maximum atomic E-state index is 6.33. The van der Waals surface area contributed by atoms with E-state index in [1.165, 1.54) is 22.1 Å². The first kappa shape index (κ1) is 11.2. The van der Waals surface area contributed by atoms with Gasteiger partial charge in [0.2, 0.25) is 0 Å². The van der Waals surface area contributed by atoms with Gasteiger partial charge in [-0.3, -0.25) is 0 Å². The Hall–Kier alpha value is -0.900. The van der Waals surface area contributed by atoms with Crippen LogP contribution < -0.4 is 5.73 Å². The molecule has 2 nitrogen and oxygen atoms in total. The van der Waals surface area contributed by atoms with Gasteiger partial charge in [0.25, 0.3) is 0 Å². The Morgan fingerprint density at radius 1 is 1.41 bits per heavy atom. The van der Waals surface area contributed by atoms with E-state index in [-0.39, 0.29) is 6.04 Å². The van der Waals surface area contributed by atoms with Crippen LogP contribution in [0.3, 0.4) is 0 Å². The average Bonchev–Trinajstić information content (AvgIpc) is 2.97. The molecule has 1 aliphatic rings. The van der Waals surface area contributed by atoms with Gasteiger partial charge in [-0.1, -0.05) is 18.2 Å². The molecule has 1 fully saturated rings. The Bertz CT molecular complexity index is 502. The summed E-state index contributed by atoms with van der Waals surface area (Å²) in [7, 11) is 0. The third-order valence-electron chi connectivity index (χ3n) is 3.45. The summed E-state index contributed by atoms with van der Waals surface area (Å²) >= 11 is 1.78. The molecule has 0 bridgehead atoms. The highest BCUT2D eigenvalue weighted by atomic mass is 32.1. The summed E-state index contributed by atoms with van der Waals surface area (Å²) in [5.41, 5.74) is 7.60. The van der Waals surface area contributed by atoms with Gasteiger partial charge in [-0.15, -0.1) is 11.3 Å². The van der Waals surface area contributed by atoms with E-state index >= 15 is 0 Å². The fourth-order valence-corrected chi connectivity index (χ4v) is 3.53. The number of fused-ring (bicyclic) bond motifs is 1. The van der Waals surface area contributed by atoms with Crippen LogP contribution in [0.4, 0.5) is 0 Å². The molecule has 0 amide bonds. The highest BCUT2D eigenvalue weighted by molar-refractivity contribution is 7.17. The van der Waals surface area contributed by atoms with Crippen LogP contribution in [0, 0.1) is 0 Å². The lowest BCUT2D eigenvalue weighted by molar-refractivity contribution is 0.0984. The third-order valence-corrected chi connectivity index (χ3v) is 4.43. The van der Waals surface area contributed by atoms with E-state index in [1.807, 2.05) is 0 Å². The highest BCUT2D eigenvalue weighted by Gasteiger charge is 2.20. The minimum Gasteiger partial charge on any atom is -0.378 e. The topological polar surface area (TPSA) is 35.2 Å². The van der Waals surface area contributed by atoms with E-state index in [1.54, 1.807) is 11.3 Å². The molecule has 90 valence electrons. The lowest BCUT2D eigenvalue weighted by atomic mass is 9.99. The van der Waals surface area contributed by atoms with Crippen molar-refractivity contribution in [3.63, 3.8) is 0 Å². The summed E-state index contributed by atoms with van der Waals surface area (Å²) in [5.74, 6) is 0. The lowest BCUT2D eigenvalue weighted by Crippen LogP contribution is -2.18. The van der Waals surface area contributed by atoms with Gasteiger partial charge in [-0.2, -0.15) is 0 Å². The predicted octanol–water partition coefficient (Wildman–Crippen LogP) is 3.47. The number of rotatable bonds is 3. The van der Waals surface area contributed by atoms with Crippen LogP contribution in [0.5, 0.6) is 0 Å². The number of thiophene rings is 1. The van der Waals surface area contributed by atoms with E-state index in [9.17, 15) is 0 Å². The fourth-order valence-electron chi connectivity index (χ4n) is 2.55. The van der Waals surface area contributed by atoms with Crippen molar-refractivity contribution in [1.82, 2.24) is 0 Å². The van der Waals surface area contributed by atoms with E-state index in [4.69, 9.17) is 10.5 Å². The normalized spacial score (nSPS) is 22.1. The standard InChI is InChI=1S/C14H17NOS/c15-13(9-11-4-2-7-16-11)12-5-1-3-10-6-8-17-14(10)12/h1,3,5-6,8,11,13H,2,4,7,9,15H2. The molecule has 1 aromatic heterocycles. The van der Waals surface area contributed by atoms with Crippen molar-refractivity contribution in [2.45, 2.75) is 31.4 Å². The van der Waals surface area contributed by atoms with Crippen LogP contribution in [0.2, 0.25) is 0 Å². The van der Waals surface area contributed by atoms with Crippen LogP contribution in [0.25, 0.3) is 10.1 Å². The molecule has 1 saturated heterocycles. The van der Waals surface area contributed by atoms with Gasteiger partial charge >= 0.3 is 0 Å². The van der Waals surface area contributed by atoms with Crippen LogP contribution in [-0.2, 0) is 4.74 Å². The third kappa shape index (κ3) is 2.23. The number of nitrogens with two attached hydrogens (primary N) is 1. The largest absolute Gasteiger partial charge is 0.378 e. The van der Waals surface area contributed by atoms with Gasteiger partial charge in [-0.25, -0.2) is 0 Å². The second-order valence-electron chi connectivity index (χ2n) is 4.66. The van der Waals surface area contributed by atoms with Gasteiger partial charge < -0.3 is 10.5 Å². The molecule has 2 N–H and O–H groups in total. The summed E-state index contributed by atoms with van der Waals surface area (Å²) in [4.78, 5) is 0. The van der Waals surface area contributed by atoms with Gasteiger partial charge in [0, 0.05) is 17.3 Å². The molecule has 3 rings (SSSR count). The first-order valence-corrected chi connectivity index (χ1v) is 7.06. The molecule has 2 heterocycles. The Kier molecular flexibility index (Phi) is 3.14. The summed E-state index contributed by atoms with van der Waals surface area (Å²) in [6.45, 7) is 0.903. The molecular weight excluding hydrogens is 230 g/mol. The van der Waals surface area contributed by atoms with Gasteiger partial charge in [0.05, 0.1) is 6.10 Å². The SMILES string of the molecule is NC(CC1CCCO1)c1cccc2ccsc12. The second kappa shape index (κ2) is 4.77. The fraction of sp³-hybridized carbons (Fsp3) is 0.429. The maximum absolute atomic E-state index is 6.33. The molecule has 1 aromatic carbocycles. The zero-order valence-corrected chi connectivity index (χ0v) is 10.6. The molecule has 3 heteroatoms. The zero-order chi connectivity index (χ0) is 11.7. The molecule has 0 aliphatic carbocycles. The summed E-state index contributed by atoms with van der Waals surface area (Å²) in [5, 5.41) is 3.43. The Balaban J connectivity index is 1.84. The van der Waals surface area contributed by atoms with E-state index < -0.39 is 0 Å². The maximum Gasteiger partial charge on any atom is 0.0594 e. The van der Waals surface area contributed by atoms with Crippen molar-refractivity contribution in [3.8, 4) is 0 Å². The van der Waals surface area contributed by atoms with Crippen LogP contribution in [0.1, 0.15) is 30.9 Å². The minimum absolute atomic E-state index is 0.0976. The monoisotopic (exact) mass is 247 g/mol. The average molecular weight is 247 g/mol. The molecule has 2 aromatic rings. The number of hydrogen-bond donors (Lipinski definition) is 1. The predicted molar refractivity (Wildman–Crippen MR) is 72.3 cm³/mol. The van der Waals surface area contributed by atoms with Crippen molar-refractivity contribution in [2.75, 3.05) is 6.61 Å². The molecule has 2 atom stereocenters. The zero-order valence-electron chi connectivity index (χ0n) is 9.76. The number of benzene rings is 1. The number of hydrogen-bond acceptors (Lipinski definition) is 3. The van der Waals surface area contributed by atoms with Crippen molar-refractivity contribution in [1.29, 1.82) is 0 Å². The van der Waals surface area contributed by atoms with Crippen LogP contribution in [-0.4, -0.2) is 12.7 Å². The smallest absolute Gasteiger partial charge is 0.0594 e. The Morgan fingerprint density at radius 2 is 2.35 bits per heavy atom. The van der Waals surface area contributed by atoms with Gasteiger partial charge in [-0.05, 0) is 41.7 Å². The minimum atomic E-state index is 0.0976. The van der Waals surface area contributed by atoms with E-state index in [0.29, 0.717) is 6.10 Å². The molecule has 17 heavy (non-hydrogen) atoms. The lowest BCUT2D eigenvalue weighted by Gasteiger charge is -2.17. The summed E-state index contributed by atoms with van der Waals surface area (Å²) < 4.78 is 6.99. The first-order valence-electron chi connectivity index (χ1n) is 6.18. The first-order chi connectivity index (χ1) is 8.34. The molecule has 2 unspecified atom stereocenters. The molecule has 0 radical (unpaired) electrons. The number of ether oxygens (including phenoxy) is 1. The molecule has 0 spiro atoms. The van der Waals surface area contributed by atoms with E-state index in [2.05, 4.69) is 29.6 Å². The van der Waals surface area contributed by atoms with Crippen molar-refractivity contribution >= 4 is 21.4 Å². The molecule has 1 aliphatic heterocycles. The van der Waals surface area contributed by atoms with Crippen molar-refractivity contribution in [3.05, 3.63) is 35.2 Å². The van der Waals surface area contributed by atoms with Crippen molar-refractivity contribution < 1.29 is 4.74 Å². The summed E-state index contributed by atoms with van der Waals surface area (Å²) in [6, 6.07) is 8.65. The summed E-state index contributed by atoms with van der Waals surface area (Å²) in [6.07, 6.45) is 3.64. The van der Waals surface area contributed by atoms with Gasteiger partial charge in [0.15, 0.2) is 0 Å². The van der Waals surface area contributed by atoms with Gasteiger partial charge in [0.1, 0.15) is 0 Å². The van der Waals surface area contributed by atoms with E-state index in [0.717, 1.165) is 19.4 Å². The molecular formula is C14H17NOS. The quantitative estimate of drug-likeness (QED) is 0.901. The van der Waals surface area contributed by atoms with Crippen LogP contribution in [0.15, 0.2) is 29.6 Å². The van der Waals surface area contributed by atoms with Crippen LogP contribution >= 0.6 is 11.3 Å². The molecule has 0 saturated carbocycles. The Morgan fingerprint density at radius 3 is 3.18 bits per heavy atom. The van der Waals surface area contributed by atoms with Crippen molar-refractivity contribution in [2.24, 2.45) is 5.73 Å². The Labute approximate surface area is 105 Å². The second-order valence-corrected chi connectivity index (χ2v) is 5.58. The highest BCUT2D eigenvalue weighted by Crippen LogP contribution is 2.31.